The first-order valence-electron chi connectivity index (χ1n) is 6.75. The first-order chi connectivity index (χ1) is 9.02. The van der Waals surface area contributed by atoms with Crippen LogP contribution in [0.3, 0.4) is 0 Å². The number of halogens is 1. The lowest BCUT2D eigenvalue weighted by atomic mass is 9.94. The van der Waals surface area contributed by atoms with Crippen LogP contribution >= 0.6 is 15.9 Å². The van der Waals surface area contributed by atoms with Crippen LogP contribution in [0.1, 0.15) is 33.1 Å². The Morgan fingerprint density at radius 3 is 2.79 bits per heavy atom. The van der Waals surface area contributed by atoms with Crippen LogP contribution in [0.15, 0.2) is 10.7 Å². The molecule has 2 N–H and O–H groups in total. The van der Waals surface area contributed by atoms with Gasteiger partial charge in [0.25, 0.3) is 0 Å². The highest BCUT2D eigenvalue weighted by Gasteiger charge is 2.28. The molecule has 0 spiro atoms. The molecule has 0 saturated carbocycles. The summed E-state index contributed by atoms with van der Waals surface area (Å²) in [4.78, 5) is 11.0. The maximum Gasteiger partial charge on any atom is 0.224 e. The number of anilines is 2. The van der Waals surface area contributed by atoms with Crippen LogP contribution in [0, 0.1) is 0 Å². The van der Waals surface area contributed by atoms with E-state index in [0.29, 0.717) is 5.95 Å². The number of aromatic nitrogens is 2. The summed E-state index contributed by atoms with van der Waals surface area (Å²) >= 11 is 3.51. The predicted octanol–water partition coefficient (Wildman–Crippen LogP) is 2.41. The molecule has 1 aromatic rings. The normalized spacial score (nSPS) is 18.4. The highest BCUT2D eigenvalue weighted by Crippen LogP contribution is 2.29. The third kappa shape index (κ3) is 3.79. The molecule has 0 unspecified atom stereocenters. The van der Waals surface area contributed by atoms with E-state index in [1.54, 1.807) is 6.20 Å². The lowest BCUT2D eigenvalue weighted by Crippen LogP contribution is -2.43. The number of rotatable bonds is 4. The quantitative estimate of drug-likeness (QED) is 0.888. The van der Waals surface area contributed by atoms with Gasteiger partial charge in [-0.2, -0.15) is 4.98 Å². The Kier molecular flexibility index (Phi) is 4.62. The molecule has 6 heteroatoms. The second-order valence-electron chi connectivity index (χ2n) is 5.28. The van der Waals surface area contributed by atoms with Gasteiger partial charge in [-0.3, -0.25) is 0 Å². The van der Waals surface area contributed by atoms with E-state index in [1.807, 2.05) is 6.92 Å². The third-order valence-electron chi connectivity index (χ3n) is 3.40. The van der Waals surface area contributed by atoms with Crippen LogP contribution in [-0.2, 0) is 0 Å². The summed E-state index contributed by atoms with van der Waals surface area (Å²) in [5.74, 6) is 1.57. The number of piperidine rings is 1. The van der Waals surface area contributed by atoms with Gasteiger partial charge in [0, 0.05) is 25.8 Å². The highest BCUT2D eigenvalue weighted by molar-refractivity contribution is 9.10. The molecule has 0 bridgehead atoms. The van der Waals surface area contributed by atoms with Crippen LogP contribution in [0.2, 0.25) is 0 Å². The van der Waals surface area contributed by atoms with Gasteiger partial charge in [0.2, 0.25) is 5.95 Å². The average molecular weight is 329 g/mol. The smallest absolute Gasteiger partial charge is 0.224 e. The van der Waals surface area contributed by atoms with E-state index in [-0.39, 0.29) is 0 Å². The van der Waals surface area contributed by atoms with Gasteiger partial charge in [0.1, 0.15) is 5.82 Å². The van der Waals surface area contributed by atoms with Crippen molar-refractivity contribution in [2.45, 2.75) is 38.7 Å². The molecule has 1 aliphatic rings. The van der Waals surface area contributed by atoms with E-state index in [4.69, 9.17) is 0 Å². The van der Waals surface area contributed by atoms with Gasteiger partial charge >= 0.3 is 0 Å². The molecule has 19 heavy (non-hydrogen) atoms. The van der Waals surface area contributed by atoms with Crippen LogP contribution in [-0.4, -0.2) is 40.3 Å². The summed E-state index contributed by atoms with van der Waals surface area (Å²) in [7, 11) is 0. The number of nitrogens with one attached hydrogen (secondary N) is 1. The first-order valence-corrected chi connectivity index (χ1v) is 7.55. The molecule has 106 valence electrons. The predicted molar refractivity (Wildman–Crippen MR) is 80.6 cm³/mol. The minimum atomic E-state index is -0.542. The van der Waals surface area contributed by atoms with Gasteiger partial charge in [0.05, 0.1) is 10.1 Å². The van der Waals surface area contributed by atoms with Gasteiger partial charge in [0.15, 0.2) is 0 Å². The molecule has 0 aliphatic carbocycles. The Labute approximate surface area is 122 Å². The van der Waals surface area contributed by atoms with Crippen LogP contribution in [0.5, 0.6) is 0 Å². The molecule has 0 aromatic carbocycles. The summed E-state index contributed by atoms with van der Waals surface area (Å²) in [5, 5.41) is 13.2. The Balaban J connectivity index is 2.10. The van der Waals surface area contributed by atoms with Gasteiger partial charge in [-0.15, -0.1) is 0 Å². The lowest BCUT2D eigenvalue weighted by Gasteiger charge is -2.36. The Morgan fingerprint density at radius 2 is 2.16 bits per heavy atom. The monoisotopic (exact) mass is 328 g/mol. The molecule has 1 aliphatic heterocycles. The maximum absolute atomic E-state index is 10.00. The van der Waals surface area contributed by atoms with Crippen molar-refractivity contribution in [1.82, 2.24) is 9.97 Å². The minimum Gasteiger partial charge on any atom is -0.390 e. The fourth-order valence-electron chi connectivity index (χ4n) is 2.10. The van der Waals surface area contributed by atoms with Crippen molar-refractivity contribution in [1.29, 1.82) is 0 Å². The maximum atomic E-state index is 10.00. The SMILES string of the molecule is CCCNc1ncc(Br)c(N2CCC(C)(O)CC2)n1. The van der Waals surface area contributed by atoms with Crippen molar-refractivity contribution in [2.24, 2.45) is 0 Å². The number of hydrogen-bond acceptors (Lipinski definition) is 5. The number of nitrogens with zero attached hydrogens (tertiary/aromatic N) is 3. The fraction of sp³-hybridized carbons (Fsp3) is 0.692. The minimum absolute atomic E-state index is 0.542. The molecule has 2 rings (SSSR count). The molecule has 5 nitrogen and oxygen atoms in total. The van der Waals surface area contributed by atoms with E-state index in [0.717, 1.165) is 49.2 Å². The molecule has 0 radical (unpaired) electrons. The Bertz CT molecular complexity index is 429. The van der Waals surface area contributed by atoms with E-state index in [9.17, 15) is 5.11 Å². The number of hydrogen-bond donors (Lipinski definition) is 2. The van der Waals surface area contributed by atoms with Gasteiger partial charge in [-0.25, -0.2) is 4.98 Å². The topological polar surface area (TPSA) is 61.3 Å². The molecule has 1 aromatic heterocycles. The summed E-state index contributed by atoms with van der Waals surface area (Å²) in [5.41, 5.74) is -0.542. The van der Waals surface area contributed by atoms with Gasteiger partial charge in [-0.05, 0) is 42.1 Å². The Morgan fingerprint density at radius 1 is 1.47 bits per heavy atom. The van der Waals surface area contributed by atoms with E-state index < -0.39 is 5.60 Å². The summed E-state index contributed by atoms with van der Waals surface area (Å²) < 4.78 is 0.899. The van der Waals surface area contributed by atoms with Crippen molar-refractivity contribution in [3.63, 3.8) is 0 Å². The van der Waals surface area contributed by atoms with E-state index in [1.165, 1.54) is 0 Å². The number of aliphatic hydroxyl groups is 1. The lowest BCUT2D eigenvalue weighted by molar-refractivity contribution is 0.0350. The largest absolute Gasteiger partial charge is 0.390 e. The molecule has 0 atom stereocenters. The first kappa shape index (κ1) is 14.5. The second-order valence-corrected chi connectivity index (χ2v) is 6.13. The van der Waals surface area contributed by atoms with Crippen LogP contribution < -0.4 is 10.2 Å². The van der Waals surface area contributed by atoms with Crippen LogP contribution in [0.4, 0.5) is 11.8 Å². The third-order valence-corrected chi connectivity index (χ3v) is 3.96. The van der Waals surface area contributed by atoms with Crippen molar-refractivity contribution in [3.05, 3.63) is 10.7 Å². The standard InChI is InChI=1S/C13H21BrN4O/c1-3-6-15-12-16-9-10(14)11(17-12)18-7-4-13(2,19)5-8-18/h9,19H,3-8H2,1-2H3,(H,15,16,17). The van der Waals surface area contributed by atoms with E-state index >= 15 is 0 Å². The molecular formula is C13H21BrN4O. The molecule has 1 fully saturated rings. The summed E-state index contributed by atoms with van der Waals surface area (Å²) in [6.07, 6.45) is 4.36. The van der Waals surface area contributed by atoms with Crippen molar-refractivity contribution >= 4 is 27.7 Å². The summed E-state index contributed by atoms with van der Waals surface area (Å²) in [6, 6.07) is 0. The van der Waals surface area contributed by atoms with Gasteiger partial charge in [-0.1, -0.05) is 6.92 Å². The molecular weight excluding hydrogens is 308 g/mol. The van der Waals surface area contributed by atoms with Crippen molar-refractivity contribution in [2.75, 3.05) is 29.9 Å². The Hall–Kier alpha value is -0.880. The fourth-order valence-corrected chi connectivity index (χ4v) is 2.54. The second kappa shape index (κ2) is 6.05. The average Bonchev–Trinajstić information content (AvgIpc) is 2.38. The van der Waals surface area contributed by atoms with Crippen molar-refractivity contribution in [3.8, 4) is 0 Å². The zero-order chi connectivity index (χ0) is 13.9. The molecule has 1 saturated heterocycles. The van der Waals surface area contributed by atoms with Crippen molar-refractivity contribution < 1.29 is 5.11 Å². The highest BCUT2D eigenvalue weighted by atomic mass is 79.9. The molecule has 2 heterocycles. The summed E-state index contributed by atoms with van der Waals surface area (Å²) in [6.45, 7) is 6.51. The van der Waals surface area contributed by atoms with Gasteiger partial charge < -0.3 is 15.3 Å². The zero-order valence-electron chi connectivity index (χ0n) is 11.5. The molecule has 0 amide bonds. The van der Waals surface area contributed by atoms with Crippen LogP contribution in [0.25, 0.3) is 0 Å². The van der Waals surface area contributed by atoms with E-state index in [2.05, 4.69) is 43.0 Å². The zero-order valence-corrected chi connectivity index (χ0v) is 13.1.